The van der Waals surface area contributed by atoms with Gasteiger partial charge in [0, 0.05) is 5.56 Å². The van der Waals surface area contributed by atoms with Crippen LogP contribution in [0.1, 0.15) is 30.7 Å². The predicted octanol–water partition coefficient (Wildman–Crippen LogP) is 2.57. The number of carbonyl (C=O) groups excluding carboxylic acids is 1. The van der Waals surface area contributed by atoms with E-state index in [9.17, 15) is 4.79 Å². The maximum Gasteiger partial charge on any atom is 0.323 e. The van der Waals surface area contributed by atoms with Crippen LogP contribution in [-0.4, -0.2) is 40.7 Å². The molecule has 1 fully saturated rings. The van der Waals surface area contributed by atoms with Gasteiger partial charge in [-0.2, -0.15) is 4.98 Å². The van der Waals surface area contributed by atoms with Crippen LogP contribution in [-0.2, 0) is 16.1 Å². The molecular formula is C17H21N3O3. The third kappa shape index (κ3) is 3.59. The Bertz CT molecular complexity index is 683. The van der Waals surface area contributed by atoms with Crippen LogP contribution < -0.4 is 0 Å². The number of ether oxygens (including phenoxy) is 1. The highest BCUT2D eigenvalue weighted by atomic mass is 16.5. The zero-order valence-electron chi connectivity index (χ0n) is 13.5. The Balaban J connectivity index is 1.74. The Morgan fingerprint density at radius 2 is 2.30 bits per heavy atom. The SMILES string of the molecule is COC(=O)[C@H]1CCCCN1Cc1nc(-c2cccc(C)c2)no1. The standard InChI is InChI=1S/C17H21N3O3/c1-12-6-5-7-13(10-12)16-18-15(23-19-16)11-20-9-4-3-8-14(20)17(21)22-2/h5-7,10,14H,3-4,8-9,11H2,1-2H3/t14-/m1/s1. The predicted molar refractivity (Wildman–Crippen MR) is 84.5 cm³/mol. The molecule has 0 aliphatic carbocycles. The summed E-state index contributed by atoms with van der Waals surface area (Å²) in [6.45, 7) is 3.33. The van der Waals surface area contributed by atoms with Crippen molar-refractivity contribution >= 4 is 5.97 Å². The van der Waals surface area contributed by atoms with Gasteiger partial charge in [-0.1, -0.05) is 35.3 Å². The van der Waals surface area contributed by atoms with Crippen molar-refractivity contribution in [1.29, 1.82) is 0 Å². The van der Waals surface area contributed by atoms with Crippen LogP contribution >= 0.6 is 0 Å². The van der Waals surface area contributed by atoms with Crippen LogP contribution in [0.3, 0.4) is 0 Å². The Hall–Kier alpha value is -2.21. The summed E-state index contributed by atoms with van der Waals surface area (Å²) in [6.07, 6.45) is 2.91. The van der Waals surface area contributed by atoms with Crippen LogP contribution in [0.25, 0.3) is 11.4 Å². The van der Waals surface area contributed by atoms with E-state index >= 15 is 0 Å². The van der Waals surface area contributed by atoms with Gasteiger partial charge in [-0.3, -0.25) is 9.69 Å². The van der Waals surface area contributed by atoms with Gasteiger partial charge < -0.3 is 9.26 Å². The lowest BCUT2D eigenvalue weighted by Crippen LogP contribution is -2.44. The van der Waals surface area contributed by atoms with Gasteiger partial charge in [-0.25, -0.2) is 0 Å². The van der Waals surface area contributed by atoms with Gasteiger partial charge >= 0.3 is 5.97 Å². The molecule has 2 heterocycles. The normalized spacial score (nSPS) is 18.8. The van der Waals surface area contributed by atoms with Gasteiger partial charge in [0.1, 0.15) is 6.04 Å². The molecule has 0 amide bonds. The zero-order valence-corrected chi connectivity index (χ0v) is 13.5. The summed E-state index contributed by atoms with van der Waals surface area (Å²) < 4.78 is 10.3. The smallest absolute Gasteiger partial charge is 0.323 e. The average molecular weight is 315 g/mol. The number of nitrogens with zero attached hydrogens (tertiary/aromatic N) is 3. The lowest BCUT2D eigenvalue weighted by Gasteiger charge is -2.32. The summed E-state index contributed by atoms with van der Waals surface area (Å²) in [5.41, 5.74) is 2.08. The molecule has 1 aliphatic rings. The van der Waals surface area contributed by atoms with Crippen molar-refractivity contribution in [2.45, 2.75) is 38.8 Å². The van der Waals surface area contributed by atoms with Crippen LogP contribution in [0.5, 0.6) is 0 Å². The van der Waals surface area contributed by atoms with Crippen LogP contribution in [0.15, 0.2) is 28.8 Å². The summed E-state index contributed by atoms with van der Waals surface area (Å²) in [5.74, 6) is 0.913. The molecule has 1 aromatic heterocycles. The van der Waals surface area contributed by atoms with Gasteiger partial charge in [-0.15, -0.1) is 0 Å². The van der Waals surface area contributed by atoms with E-state index in [4.69, 9.17) is 9.26 Å². The fraction of sp³-hybridized carbons (Fsp3) is 0.471. The number of aryl methyl sites for hydroxylation is 1. The van der Waals surface area contributed by atoms with Crippen molar-refractivity contribution in [1.82, 2.24) is 15.0 Å². The number of esters is 1. The minimum atomic E-state index is -0.219. The number of likely N-dealkylation sites (tertiary alicyclic amines) is 1. The number of carbonyl (C=O) groups is 1. The number of methoxy groups -OCH3 is 1. The molecule has 122 valence electrons. The van der Waals surface area contributed by atoms with Crippen molar-refractivity contribution in [2.24, 2.45) is 0 Å². The molecule has 2 aromatic rings. The second kappa shape index (κ2) is 6.91. The van der Waals surface area contributed by atoms with Gasteiger partial charge in [0.05, 0.1) is 13.7 Å². The number of rotatable bonds is 4. The van der Waals surface area contributed by atoms with Crippen molar-refractivity contribution in [3.8, 4) is 11.4 Å². The second-order valence-corrected chi connectivity index (χ2v) is 5.89. The largest absolute Gasteiger partial charge is 0.468 e. The molecule has 1 saturated heterocycles. The van der Waals surface area contributed by atoms with E-state index in [1.54, 1.807) is 0 Å². The molecule has 23 heavy (non-hydrogen) atoms. The first-order valence-corrected chi connectivity index (χ1v) is 7.89. The number of piperidine rings is 1. The van der Waals surface area contributed by atoms with Crippen molar-refractivity contribution < 1.29 is 14.1 Å². The number of hydrogen-bond acceptors (Lipinski definition) is 6. The average Bonchev–Trinajstić information content (AvgIpc) is 3.03. The van der Waals surface area contributed by atoms with Crippen LogP contribution in [0.2, 0.25) is 0 Å². The van der Waals surface area contributed by atoms with E-state index in [1.165, 1.54) is 7.11 Å². The highest BCUT2D eigenvalue weighted by Gasteiger charge is 2.30. The molecule has 1 aromatic carbocycles. The summed E-state index contributed by atoms with van der Waals surface area (Å²) in [7, 11) is 1.43. The third-order valence-corrected chi connectivity index (χ3v) is 4.17. The summed E-state index contributed by atoms with van der Waals surface area (Å²) in [5, 5.41) is 4.05. The van der Waals surface area contributed by atoms with E-state index < -0.39 is 0 Å². The Labute approximate surface area is 135 Å². The molecule has 6 nitrogen and oxygen atoms in total. The highest BCUT2D eigenvalue weighted by molar-refractivity contribution is 5.75. The van der Waals surface area contributed by atoms with Gasteiger partial charge in [-0.05, 0) is 32.4 Å². The van der Waals surface area contributed by atoms with Crippen molar-refractivity contribution in [3.05, 3.63) is 35.7 Å². The third-order valence-electron chi connectivity index (χ3n) is 4.17. The first-order valence-electron chi connectivity index (χ1n) is 7.89. The zero-order chi connectivity index (χ0) is 16.2. The minimum Gasteiger partial charge on any atom is -0.468 e. The summed E-state index contributed by atoms with van der Waals surface area (Å²) in [6, 6.07) is 7.76. The fourth-order valence-electron chi connectivity index (χ4n) is 2.98. The first kappa shape index (κ1) is 15.7. The molecule has 1 atom stereocenters. The quantitative estimate of drug-likeness (QED) is 0.808. The molecule has 0 radical (unpaired) electrons. The fourth-order valence-corrected chi connectivity index (χ4v) is 2.98. The van der Waals surface area contributed by atoms with E-state index in [1.807, 2.05) is 31.2 Å². The topological polar surface area (TPSA) is 68.5 Å². The van der Waals surface area contributed by atoms with Crippen molar-refractivity contribution in [3.63, 3.8) is 0 Å². The maximum atomic E-state index is 11.9. The lowest BCUT2D eigenvalue weighted by molar-refractivity contribution is -0.148. The van der Waals surface area contributed by atoms with Crippen molar-refractivity contribution in [2.75, 3.05) is 13.7 Å². The number of aromatic nitrogens is 2. The Kier molecular flexibility index (Phi) is 4.71. The Morgan fingerprint density at radius 3 is 3.09 bits per heavy atom. The second-order valence-electron chi connectivity index (χ2n) is 5.89. The summed E-state index contributed by atoms with van der Waals surface area (Å²) >= 11 is 0. The maximum absolute atomic E-state index is 11.9. The van der Waals surface area contributed by atoms with Crippen LogP contribution in [0, 0.1) is 6.92 Å². The number of hydrogen-bond donors (Lipinski definition) is 0. The minimum absolute atomic E-state index is 0.192. The molecule has 0 N–H and O–H groups in total. The van der Waals surface area contributed by atoms with Gasteiger partial charge in [0.2, 0.25) is 11.7 Å². The molecule has 6 heteroatoms. The molecule has 3 rings (SSSR count). The van der Waals surface area contributed by atoms with E-state index in [2.05, 4.69) is 15.0 Å². The first-order chi connectivity index (χ1) is 11.2. The van der Waals surface area contributed by atoms with E-state index in [0.717, 1.165) is 36.9 Å². The van der Waals surface area contributed by atoms with Gasteiger partial charge in [0.25, 0.3) is 0 Å². The van der Waals surface area contributed by atoms with Crippen LogP contribution in [0.4, 0.5) is 0 Å². The highest BCUT2D eigenvalue weighted by Crippen LogP contribution is 2.22. The molecular weight excluding hydrogens is 294 g/mol. The van der Waals surface area contributed by atoms with Gasteiger partial charge in [0.15, 0.2) is 0 Å². The van der Waals surface area contributed by atoms with E-state index in [-0.39, 0.29) is 12.0 Å². The molecule has 1 aliphatic heterocycles. The summed E-state index contributed by atoms with van der Waals surface area (Å²) in [4.78, 5) is 18.4. The lowest BCUT2D eigenvalue weighted by atomic mass is 10.0. The molecule has 0 bridgehead atoms. The monoisotopic (exact) mass is 315 g/mol. The molecule has 0 saturated carbocycles. The van der Waals surface area contributed by atoms with E-state index in [0.29, 0.717) is 18.3 Å². The molecule has 0 unspecified atom stereocenters. The number of benzene rings is 1. The Morgan fingerprint density at radius 1 is 1.43 bits per heavy atom. The molecule has 0 spiro atoms.